The van der Waals surface area contributed by atoms with Gasteiger partial charge in [0.2, 0.25) is 0 Å². The molecule has 120 valence electrons. The van der Waals surface area contributed by atoms with Gasteiger partial charge in [0.05, 0.1) is 13.5 Å². The molecule has 0 aromatic rings. The first-order chi connectivity index (χ1) is 9.33. The number of hydrogen-bond acceptors (Lipinski definition) is 4. The molecular weight excluding hydrogens is 280 g/mol. The van der Waals surface area contributed by atoms with E-state index < -0.39 is 16.2 Å². The van der Waals surface area contributed by atoms with Crippen molar-refractivity contribution in [2.45, 2.75) is 40.0 Å². The summed E-state index contributed by atoms with van der Waals surface area (Å²) in [5, 5.41) is 0. The van der Waals surface area contributed by atoms with Crippen molar-refractivity contribution in [2.24, 2.45) is 5.92 Å². The fourth-order valence-corrected chi connectivity index (χ4v) is 3.33. The minimum atomic E-state index is -3.51. The second-order valence-electron chi connectivity index (χ2n) is 4.79. The summed E-state index contributed by atoms with van der Waals surface area (Å²) in [6.07, 6.45) is 1.97. The number of esters is 1. The molecule has 0 spiro atoms. The van der Waals surface area contributed by atoms with E-state index in [1.165, 1.54) is 22.8 Å². The Morgan fingerprint density at radius 1 is 1.20 bits per heavy atom. The van der Waals surface area contributed by atoms with Gasteiger partial charge in [-0.25, -0.2) is 0 Å². The van der Waals surface area contributed by atoms with Gasteiger partial charge in [0.15, 0.2) is 0 Å². The summed E-state index contributed by atoms with van der Waals surface area (Å²) in [4.78, 5) is 11.1. The Morgan fingerprint density at radius 3 is 2.15 bits per heavy atom. The SMILES string of the molecule is CCC(CC)CN(CC)S(=O)(=O)N(C)CCC(=O)OC. The van der Waals surface area contributed by atoms with E-state index in [4.69, 9.17) is 0 Å². The van der Waals surface area contributed by atoms with Crippen LogP contribution < -0.4 is 0 Å². The van der Waals surface area contributed by atoms with Crippen LogP contribution >= 0.6 is 0 Å². The maximum atomic E-state index is 12.4. The number of hydrogen-bond donors (Lipinski definition) is 0. The largest absolute Gasteiger partial charge is 0.469 e. The molecule has 0 amide bonds. The Kier molecular flexibility index (Phi) is 9.00. The van der Waals surface area contributed by atoms with Gasteiger partial charge in [-0.3, -0.25) is 4.79 Å². The summed E-state index contributed by atoms with van der Waals surface area (Å²) >= 11 is 0. The van der Waals surface area contributed by atoms with Crippen molar-refractivity contribution in [2.75, 3.05) is 33.8 Å². The van der Waals surface area contributed by atoms with Crippen molar-refractivity contribution in [3.63, 3.8) is 0 Å². The Hall–Kier alpha value is -0.660. The number of ether oxygens (including phenoxy) is 1. The monoisotopic (exact) mass is 308 g/mol. The minimum absolute atomic E-state index is 0.0643. The highest BCUT2D eigenvalue weighted by Crippen LogP contribution is 2.15. The predicted octanol–water partition coefficient (Wildman–Crippen LogP) is 1.48. The van der Waals surface area contributed by atoms with E-state index in [1.807, 2.05) is 6.92 Å². The molecule has 0 radical (unpaired) electrons. The van der Waals surface area contributed by atoms with Crippen molar-refractivity contribution in [3.8, 4) is 0 Å². The van der Waals surface area contributed by atoms with E-state index in [-0.39, 0.29) is 13.0 Å². The van der Waals surface area contributed by atoms with Crippen LogP contribution in [0.4, 0.5) is 0 Å². The van der Waals surface area contributed by atoms with Crippen LogP contribution in [-0.4, -0.2) is 56.8 Å². The molecule has 0 fully saturated rings. The molecule has 0 saturated heterocycles. The second kappa shape index (κ2) is 9.31. The number of rotatable bonds is 10. The molecule has 7 heteroatoms. The fraction of sp³-hybridized carbons (Fsp3) is 0.923. The average Bonchev–Trinajstić information content (AvgIpc) is 2.45. The molecule has 0 saturated carbocycles. The average molecular weight is 308 g/mol. The number of carbonyl (C=O) groups is 1. The lowest BCUT2D eigenvalue weighted by Crippen LogP contribution is -2.44. The Bertz CT molecular complexity index is 380. The van der Waals surface area contributed by atoms with Crippen LogP contribution in [0.15, 0.2) is 0 Å². The molecule has 20 heavy (non-hydrogen) atoms. The Balaban J connectivity index is 4.74. The van der Waals surface area contributed by atoms with E-state index in [9.17, 15) is 13.2 Å². The van der Waals surface area contributed by atoms with Gasteiger partial charge in [-0.05, 0) is 5.92 Å². The molecule has 0 atom stereocenters. The van der Waals surface area contributed by atoms with E-state index in [0.29, 0.717) is 19.0 Å². The molecule has 0 aliphatic rings. The van der Waals surface area contributed by atoms with Gasteiger partial charge in [-0.15, -0.1) is 0 Å². The maximum Gasteiger partial charge on any atom is 0.306 e. The zero-order chi connectivity index (χ0) is 15.8. The van der Waals surface area contributed by atoms with Gasteiger partial charge in [0.1, 0.15) is 0 Å². The van der Waals surface area contributed by atoms with E-state index in [0.717, 1.165) is 12.8 Å². The van der Waals surface area contributed by atoms with Crippen LogP contribution in [0.3, 0.4) is 0 Å². The Labute approximate surface area is 123 Å². The van der Waals surface area contributed by atoms with Crippen LogP contribution in [0.1, 0.15) is 40.0 Å². The number of carbonyl (C=O) groups excluding carboxylic acids is 1. The maximum absolute atomic E-state index is 12.4. The third-order valence-electron chi connectivity index (χ3n) is 3.55. The molecule has 0 bridgehead atoms. The zero-order valence-corrected chi connectivity index (χ0v) is 14.1. The molecule has 0 aliphatic heterocycles. The lowest BCUT2D eigenvalue weighted by molar-refractivity contribution is -0.140. The van der Waals surface area contributed by atoms with Crippen LogP contribution in [0.5, 0.6) is 0 Å². The van der Waals surface area contributed by atoms with E-state index >= 15 is 0 Å². The quantitative estimate of drug-likeness (QED) is 0.573. The van der Waals surface area contributed by atoms with Gasteiger partial charge in [0.25, 0.3) is 10.2 Å². The summed E-state index contributed by atoms with van der Waals surface area (Å²) in [6, 6.07) is 0. The first-order valence-electron chi connectivity index (χ1n) is 7.11. The fourth-order valence-electron chi connectivity index (χ4n) is 1.88. The van der Waals surface area contributed by atoms with Crippen molar-refractivity contribution in [1.29, 1.82) is 0 Å². The molecule has 0 N–H and O–H groups in total. The van der Waals surface area contributed by atoms with Crippen molar-refractivity contribution >= 4 is 16.2 Å². The first-order valence-corrected chi connectivity index (χ1v) is 8.51. The molecular formula is C13H28N2O4S. The lowest BCUT2D eigenvalue weighted by atomic mass is 10.0. The van der Waals surface area contributed by atoms with Crippen LogP contribution in [0.2, 0.25) is 0 Å². The summed E-state index contributed by atoms with van der Waals surface area (Å²) in [7, 11) is -0.724. The van der Waals surface area contributed by atoms with Gasteiger partial charge in [-0.2, -0.15) is 17.0 Å². The van der Waals surface area contributed by atoms with Crippen LogP contribution in [-0.2, 0) is 19.7 Å². The molecule has 0 unspecified atom stereocenters. The number of nitrogens with zero attached hydrogens (tertiary/aromatic N) is 2. The molecule has 6 nitrogen and oxygen atoms in total. The van der Waals surface area contributed by atoms with Gasteiger partial charge >= 0.3 is 5.97 Å². The van der Waals surface area contributed by atoms with Crippen molar-refractivity contribution in [1.82, 2.24) is 8.61 Å². The third kappa shape index (κ3) is 5.76. The highest BCUT2D eigenvalue weighted by Gasteiger charge is 2.27. The van der Waals surface area contributed by atoms with Gasteiger partial charge < -0.3 is 4.74 Å². The molecule has 0 aromatic carbocycles. The molecule has 0 rings (SSSR count). The summed E-state index contributed by atoms with van der Waals surface area (Å²) in [5.41, 5.74) is 0. The summed E-state index contributed by atoms with van der Waals surface area (Å²) in [5.74, 6) is -0.0474. The second-order valence-corrected chi connectivity index (χ2v) is 6.82. The van der Waals surface area contributed by atoms with Crippen LogP contribution in [0, 0.1) is 5.92 Å². The summed E-state index contributed by atoms with van der Waals surface area (Å²) in [6.45, 7) is 7.05. The molecule has 0 heterocycles. The van der Waals surface area contributed by atoms with E-state index in [2.05, 4.69) is 18.6 Å². The first kappa shape index (κ1) is 19.3. The predicted molar refractivity (Wildman–Crippen MR) is 79.5 cm³/mol. The highest BCUT2D eigenvalue weighted by atomic mass is 32.2. The zero-order valence-electron chi connectivity index (χ0n) is 13.3. The smallest absolute Gasteiger partial charge is 0.306 e. The molecule has 0 aromatic heterocycles. The molecule has 0 aliphatic carbocycles. The third-order valence-corrected chi connectivity index (χ3v) is 5.58. The number of methoxy groups -OCH3 is 1. The normalized spacial score (nSPS) is 12.4. The lowest BCUT2D eigenvalue weighted by Gasteiger charge is -2.29. The topological polar surface area (TPSA) is 66.9 Å². The Morgan fingerprint density at radius 2 is 1.75 bits per heavy atom. The highest BCUT2D eigenvalue weighted by molar-refractivity contribution is 7.86. The standard InChI is InChI=1S/C13H28N2O4S/c1-6-12(7-2)11-15(8-3)20(17,18)14(4)10-9-13(16)19-5/h12H,6-11H2,1-5H3. The van der Waals surface area contributed by atoms with E-state index in [1.54, 1.807) is 0 Å². The summed E-state index contributed by atoms with van der Waals surface area (Å²) < 4.78 is 32.1. The van der Waals surface area contributed by atoms with Gasteiger partial charge in [0, 0.05) is 26.7 Å². The van der Waals surface area contributed by atoms with Gasteiger partial charge in [-0.1, -0.05) is 33.6 Å². The van der Waals surface area contributed by atoms with Crippen molar-refractivity contribution in [3.05, 3.63) is 0 Å². The minimum Gasteiger partial charge on any atom is -0.469 e. The van der Waals surface area contributed by atoms with Crippen LogP contribution in [0.25, 0.3) is 0 Å². The van der Waals surface area contributed by atoms with Crippen molar-refractivity contribution < 1.29 is 17.9 Å².